The van der Waals surface area contributed by atoms with Gasteiger partial charge in [0.25, 0.3) is 5.56 Å². The van der Waals surface area contributed by atoms with Gasteiger partial charge >= 0.3 is 5.97 Å². The van der Waals surface area contributed by atoms with Crippen LogP contribution in [-0.2, 0) is 10.2 Å². The van der Waals surface area contributed by atoms with Crippen molar-refractivity contribution in [3.63, 3.8) is 0 Å². The normalized spacial score (nSPS) is 19.4. The number of aromatic nitrogens is 2. The Labute approximate surface area is 73.8 Å². The summed E-state index contributed by atoms with van der Waals surface area (Å²) in [7, 11) is 0. The van der Waals surface area contributed by atoms with Crippen molar-refractivity contribution in [3.05, 3.63) is 22.1 Å². The minimum Gasteiger partial charge on any atom is -0.481 e. The molecule has 13 heavy (non-hydrogen) atoms. The third-order valence-electron chi connectivity index (χ3n) is 2.73. The van der Waals surface area contributed by atoms with Crippen LogP contribution < -0.4 is 5.56 Å². The molecule has 1 aliphatic carbocycles. The molecule has 1 aromatic rings. The van der Waals surface area contributed by atoms with Crippen LogP contribution in [0, 0.1) is 0 Å². The van der Waals surface area contributed by atoms with E-state index in [9.17, 15) is 9.59 Å². The zero-order chi connectivity index (χ0) is 9.47. The van der Waals surface area contributed by atoms with Crippen LogP contribution in [0.4, 0.5) is 0 Å². The van der Waals surface area contributed by atoms with Gasteiger partial charge in [-0.05, 0) is 12.8 Å². The van der Waals surface area contributed by atoms with Crippen LogP contribution in [0.25, 0.3) is 0 Å². The number of nitrogens with one attached hydrogen (secondary N) is 2. The van der Waals surface area contributed by atoms with Gasteiger partial charge in [0, 0.05) is 6.07 Å². The number of carboxylic acid groups (broad SMARTS) is 1. The molecule has 0 spiro atoms. The Morgan fingerprint density at radius 2 is 2.15 bits per heavy atom. The molecule has 0 saturated heterocycles. The average molecular weight is 182 g/mol. The van der Waals surface area contributed by atoms with E-state index in [1.807, 2.05) is 0 Å². The Bertz CT molecular complexity index is 386. The zero-order valence-corrected chi connectivity index (χ0v) is 6.96. The lowest BCUT2D eigenvalue weighted by Gasteiger charge is -2.36. The Balaban J connectivity index is 2.42. The molecule has 1 aliphatic rings. The van der Waals surface area contributed by atoms with Crippen molar-refractivity contribution in [1.82, 2.24) is 10.2 Å². The quantitative estimate of drug-likeness (QED) is 0.611. The maximum Gasteiger partial charge on any atom is 0.315 e. The first kappa shape index (κ1) is 8.10. The van der Waals surface area contributed by atoms with Gasteiger partial charge in [-0.3, -0.25) is 14.7 Å². The second-order valence-corrected chi connectivity index (χ2v) is 3.41. The van der Waals surface area contributed by atoms with E-state index in [0.29, 0.717) is 18.5 Å². The SMILES string of the molecule is O=C(O)C1(c2cc(=O)[nH][nH]2)CCC1. The summed E-state index contributed by atoms with van der Waals surface area (Å²) in [6.45, 7) is 0. The first-order chi connectivity index (χ1) is 6.15. The van der Waals surface area contributed by atoms with E-state index in [1.54, 1.807) is 0 Å². The van der Waals surface area contributed by atoms with E-state index < -0.39 is 11.4 Å². The minimum atomic E-state index is -0.853. The number of aliphatic carboxylic acids is 1. The Morgan fingerprint density at radius 1 is 1.46 bits per heavy atom. The standard InChI is InChI=1S/C8H10N2O3/c11-6-4-5(9-10-6)8(7(12)13)2-1-3-8/h4H,1-3H2,(H,12,13)(H2,9,10,11). The van der Waals surface area contributed by atoms with Crippen molar-refractivity contribution in [2.75, 3.05) is 0 Å². The van der Waals surface area contributed by atoms with Gasteiger partial charge in [-0.15, -0.1) is 0 Å². The molecule has 0 amide bonds. The maximum atomic E-state index is 11.0. The monoisotopic (exact) mass is 182 g/mol. The highest BCUT2D eigenvalue weighted by atomic mass is 16.4. The highest BCUT2D eigenvalue weighted by Crippen LogP contribution is 2.42. The van der Waals surface area contributed by atoms with Crippen LogP contribution in [0.3, 0.4) is 0 Å². The van der Waals surface area contributed by atoms with Crippen LogP contribution in [0.5, 0.6) is 0 Å². The number of rotatable bonds is 2. The number of carbonyl (C=O) groups is 1. The fourth-order valence-corrected chi connectivity index (χ4v) is 1.72. The summed E-state index contributed by atoms with van der Waals surface area (Å²) < 4.78 is 0. The number of aromatic amines is 2. The minimum absolute atomic E-state index is 0.275. The van der Waals surface area contributed by atoms with E-state index >= 15 is 0 Å². The number of hydrogen-bond acceptors (Lipinski definition) is 2. The van der Waals surface area contributed by atoms with E-state index in [-0.39, 0.29) is 5.56 Å². The van der Waals surface area contributed by atoms with Gasteiger partial charge in [0.15, 0.2) is 0 Å². The summed E-state index contributed by atoms with van der Waals surface area (Å²) in [4.78, 5) is 21.8. The molecule has 0 unspecified atom stereocenters. The molecular formula is C8H10N2O3. The maximum absolute atomic E-state index is 11.0. The van der Waals surface area contributed by atoms with Crippen molar-refractivity contribution in [2.45, 2.75) is 24.7 Å². The summed E-state index contributed by atoms with van der Waals surface area (Å²) in [6, 6.07) is 1.33. The van der Waals surface area contributed by atoms with Gasteiger partial charge in [-0.2, -0.15) is 0 Å². The second kappa shape index (κ2) is 2.48. The van der Waals surface area contributed by atoms with Crippen LogP contribution in [-0.4, -0.2) is 21.3 Å². The third-order valence-corrected chi connectivity index (χ3v) is 2.73. The molecule has 1 saturated carbocycles. The fraction of sp³-hybridized carbons (Fsp3) is 0.500. The summed E-state index contributed by atoms with van der Waals surface area (Å²) >= 11 is 0. The summed E-state index contributed by atoms with van der Waals surface area (Å²) in [6.07, 6.45) is 2.12. The smallest absolute Gasteiger partial charge is 0.315 e. The molecule has 2 rings (SSSR count). The van der Waals surface area contributed by atoms with Crippen molar-refractivity contribution >= 4 is 5.97 Å². The largest absolute Gasteiger partial charge is 0.481 e. The Morgan fingerprint density at radius 3 is 2.46 bits per heavy atom. The molecule has 3 N–H and O–H groups in total. The van der Waals surface area contributed by atoms with Crippen molar-refractivity contribution in [1.29, 1.82) is 0 Å². The zero-order valence-electron chi connectivity index (χ0n) is 6.96. The summed E-state index contributed by atoms with van der Waals surface area (Å²) in [5.41, 5.74) is -0.613. The molecular weight excluding hydrogens is 172 g/mol. The van der Waals surface area contributed by atoms with Gasteiger partial charge < -0.3 is 10.2 Å². The van der Waals surface area contributed by atoms with E-state index in [4.69, 9.17) is 5.11 Å². The molecule has 0 atom stereocenters. The first-order valence-electron chi connectivity index (χ1n) is 4.17. The van der Waals surface area contributed by atoms with Gasteiger partial charge in [0.1, 0.15) is 5.41 Å². The highest BCUT2D eigenvalue weighted by Gasteiger charge is 2.47. The second-order valence-electron chi connectivity index (χ2n) is 3.41. The Kier molecular flexibility index (Phi) is 1.55. The molecule has 5 heteroatoms. The molecule has 1 aromatic heterocycles. The van der Waals surface area contributed by atoms with E-state index in [1.165, 1.54) is 6.07 Å². The van der Waals surface area contributed by atoms with Crippen LogP contribution in [0.2, 0.25) is 0 Å². The van der Waals surface area contributed by atoms with Crippen molar-refractivity contribution in [2.24, 2.45) is 0 Å². The number of hydrogen-bond donors (Lipinski definition) is 3. The average Bonchev–Trinajstić information content (AvgIpc) is 2.32. The summed E-state index contributed by atoms with van der Waals surface area (Å²) in [5.74, 6) is -0.853. The number of carboxylic acids is 1. The highest BCUT2D eigenvalue weighted by molar-refractivity contribution is 5.81. The fourth-order valence-electron chi connectivity index (χ4n) is 1.72. The molecule has 5 nitrogen and oxygen atoms in total. The van der Waals surface area contributed by atoms with E-state index in [0.717, 1.165) is 6.42 Å². The molecule has 1 heterocycles. The number of H-pyrrole nitrogens is 2. The lowest BCUT2D eigenvalue weighted by Crippen LogP contribution is -2.42. The van der Waals surface area contributed by atoms with Gasteiger partial charge in [0.05, 0.1) is 5.69 Å². The lowest BCUT2D eigenvalue weighted by molar-refractivity contribution is -0.147. The van der Waals surface area contributed by atoms with Crippen LogP contribution in [0.1, 0.15) is 25.0 Å². The van der Waals surface area contributed by atoms with Crippen LogP contribution >= 0.6 is 0 Å². The predicted molar refractivity (Wildman–Crippen MR) is 44.6 cm³/mol. The first-order valence-corrected chi connectivity index (χ1v) is 4.17. The summed E-state index contributed by atoms with van der Waals surface area (Å²) in [5, 5.41) is 14.0. The van der Waals surface area contributed by atoms with Crippen molar-refractivity contribution in [3.8, 4) is 0 Å². The van der Waals surface area contributed by atoms with Crippen molar-refractivity contribution < 1.29 is 9.90 Å². The van der Waals surface area contributed by atoms with Gasteiger partial charge in [-0.1, -0.05) is 6.42 Å². The van der Waals surface area contributed by atoms with Gasteiger partial charge in [0.2, 0.25) is 0 Å². The Hall–Kier alpha value is -1.52. The molecule has 0 aromatic carbocycles. The molecule has 70 valence electrons. The predicted octanol–water partition coefficient (Wildman–Crippen LogP) is 0.209. The van der Waals surface area contributed by atoms with Gasteiger partial charge in [-0.25, -0.2) is 0 Å². The molecule has 0 radical (unpaired) electrons. The topological polar surface area (TPSA) is 85.9 Å². The third kappa shape index (κ3) is 0.998. The molecule has 1 fully saturated rings. The lowest BCUT2D eigenvalue weighted by atomic mass is 9.67. The molecule has 0 bridgehead atoms. The van der Waals surface area contributed by atoms with Crippen LogP contribution in [0.15, 0.2) is 10.9 Å². The van der Waals surface area contributed by atoms with E-state index in [2.05, 4.69) is 10.2 Å². The molecule has 0 aliphatic heterocycles.